The highest BCUT2D eigenvalue weighted by Gasteiger charge is 2.30. The Labute approximate surface area is 78.4 Å². The van der Waals surface area contributed by atoms with Crippen LogP contribution in [0.25, 0.3) is 0 Å². The molecule has 1 saturated heterocycles. The molecule has 1 aliphatic heterocycles. The Morgan fingerprint density at radius 1 is 1.54 bits per heavy atom. The molecule has 1 amide bonds. The van der Waals surface area contributed by atoms with Crippen LogP contribution in [-0.4, -0.2) is 35.3 Å². The van der Waals surface area contributed by atoms with Gasteiger partial charge in [-0.25, -0.2) is 5.06 Å². The summed E-state index contributed by atoms with van der Waals surface area (Å²) in [6.45, 7) is 6.40. The molecular formula is C9H17NO3. The van der Waals surface area contributed by atoms with Gasteiger partial charge in [0.25, 0.3) is 0 Å². The molecule has 1 fully saturated rings. The quantitative estimate of drug-likeness (QED) is 0.681. The van der Waals surface area contributed by atoms with Gasteiger partial charge in [0, 0.05) is 5.92 Å². The van der Waals surface area contributed by atoms with E-state index in [0.717, 1.165) is 0 Å². The molecule has 0 aromatic carbocycles. The molecule has 2 atom stereocenters. The molecule has 4 nitrogen and oxygen atoms in total. The van der Waals surface area contributed by atoms with Gasteiger partial charge in [0.1, 0.15) is 6.61 Å². The fraction of sp³-hybridized carbons (Fsp3) is 0.889. The third-order valence-corrected chi connectivity index (χ3v) is 2.43. The summed E-state index contributed by atoms with van der Waals surface area (Å²) in [6, 6.07) is 0. The van der Waals surface area contributed by atoms with Crippen LogP contribution in [0, 0.1) is 11.8 Å². The number of hydrogen-bond acceptors (Lipinski definition) is 3. The molecule has 1 unspecified atom stereocenters. The number of β-amino-alcohol motifs (C(OH)–C–C–N with tert-alkyl or cyclic N) is 1. The van der Waals surface area contributed by atoms with Gasteiger partial charge in [0.05, 0.1) is 12.6 Å². The van der Waals surface area contributed by atoms with Crippen LogP contribution >= 0.6 is 0 Å². The lowest BCUT2D eigenvalue weighted by Gasteiger charge is -2.20. The van der Waals surface area contributed by atoms with Crippen molar-refractivity contribution in [3.63, 3.8) is 0 Å². The minimum atomic E-state index is -0.525. The van der Waals surface area contributed by atoms with Gasteiger partial charge in [-0.15, -0.1) is 0 Å². The van der Waals surface area contributed by atoms with E-state index in [1.165, 1.54) is 5.06 Å². The second-order valence-electron chi connectivity index (χ2n) is 3.88. The van der Waals surface area contributed by atoms with Crippen LogP contribution in [0.5, 0.6) is 0 Å². The maximum atomic E-state index is 11.6. The molecule has 1 N–H and O–H groups in total. The van der Waals surface area contributed by atoms with Gasteiger partial charge in [-0.05, 0) is 5.92 Å². The van der Waals surface area contributed by atoms with Gasteiger partial charge in [-0.3, -0.25) is 9.63 Å². The van der Waals surface area contributed by atoms with Crippen LogP contribution in [0.4, 0.5) is 0 Å². The molecule has 0 aliphatic carbocycles. The van der Waals surface area contributed by atoms with Crippen molar-refractivity contribution in [2.45, 2.75) is 26.9 Å². The Morgan fingerprint density at radius 2 is 2.15 bits per heavy atom. The molecule has 13 heavy (non-hydrogen) atoms. The number of nitrogens with zero attached hydrogens (tertiary/aromatic N) is 1. The van der Waals surface area contributed by atoms with Crippen molar-refractivity contribution in [3.8, 4) is 0 Å². The van der Waals surface area contributed by atoms with Gasteiger partial charge in [0.2, 0.25) is 5.91 Å². The second kappa shape index (κ2) is 4.07. The first kappa shape index (κ1) is 10.5. The SMILES string of the molecule is CC(C)C(C)C(=O)N1C[C@@H](O)CO1. The van der Waals surface area contributed by atoms with Gasteiger partial charge in [-0.2, -0.15) is 0 Å². The average Bonchev–Trinajstić information content (AvgIpc) is 2.49. The molecule has 1 aliphatic rings. The fourth-order valence-corrected chi connectivity index (χ4v) is 1.14. The monoisotopic (exact) mass is 187 g/mol. The van der Waals surface area contributed by atoms with E-state index in [2.05, 4.69) is 0 Å². The molecule has 1 heterocycles. The standard InChI is InChI=1S/C9H17NO3/c1-6(2)7(3)9(12)10-4-8(11)5-13-10/h6-8,11H,4-5H2,1-3H3/t7?,8-/m1/s1. The molecular weight excluding hydrogens is 170 g/mol. The highest BCUT2D eigenvalue weighted by Crippen LogP contribution is 2.16. The normalized spacial score (nSPS) is 25.3. The van der Waals surface area contributed by atoms with E-state index in [1.54, 1.807) is 0 Å². The van der Waals surface area contributed by atoms with Crippen molar-refractivity contribution < 1.29 is 14.7 Å². The number of rotatable bonds is 2. The predicted octanol–water partition coefficient (Wildman–Crippen LogP) is 0.413. The van der Waals surface area contributed by atoms with Crippen LogP contribution in [-0.2, 0) is 9.63 Å². The zero-order chi connectivity index (χ0) is 10.0. The van der Waals surface area contributed by atoms with E-state index in [4.69, 9.17) is 9.94 Å². The first-order valence-electron chi connectivity index (χ1n) is 4.64. The first-order valence-corrected chi connectivity index (χ1v) is 4.64. The first-order chi connectivity index (χ1) is 6.02. The molecule has 0 aromatic heterocycles. The molecule has 0 radical (unpaired) electrons. The van der Waals surface area contributed by atoms with Crippen molar-refractivity contribution in [2.75, 3.05) is 13.2 Å². The smallest absolute Gasteiger partial charge is 0.249 e. The molecule has 0 spiro atoms. The molecule has 0 saturated carbocycles. The van der Waals surface area contributed by atoms with Gasteiger partial charge in [-0.1, -0.05) is 20.8 Å². The Balaban J connectivity index is 2.48. The number of hydroxylamine groups is 2. The zero-order valence-corrected chi connectivity index (χ0v) is 8.36. The van der Waals surface area contributed by atoms with Crippen LogP contribution < -0.4 is 0 Å². The van der Waals surface area contributed by atoms with Crippen LogP contribution in [0.3, 0.4) is 0 Å². The maximum absolute atomic E-state index is 11.6. The predicted molar refractivity (Wildman–Crippen MR) is 47.7 cm³/mol. The van der Waals surface area contributed by atoms with Gasteiger partial charge >= 0.3 is 0 Å². The highest BCUT2D eigenvalue weighted by molar-refractivity contribution is 5.77. The zero-order valence-electron chi connectivity index (χ0n) is 8.36. The van der Waals surface area contributed by atoms with Crippen molar-refractivity contribution >= 4 is 5.91 Å². The Kier molecular flexibility index (Phi) is 3.27. The average molecular weight is 187 g/mol. The molecule has 0 aromatic rings. The Bertz CT molecular complexity index is 193. The maximum Gasteiger partial charge on any atom is 0.249 e. The summed E-state index contributed by atoms with van der Waals surface area (Å²) in [5.74, 6) is 0.214. The van der Waals surface area contributed by atoms with Crippen LogP contribution in [0.1, 0.15) is 20.8 Å². The third-order valence-electron chi connectivity index (χ3n) is 2.43. The highest BCUT2D eigenvalue weighted by atomic mass is 16.7. The van der Waals surface area contributed by atoms with Crippen LogP contribution in [0.2, 0.25) is 0 Å². The van der Waals surface area contributed by atoms with E-state index in [9.17, 15) is 4.79 Å². The molecule has 0 bridgehead atoms. The molecule has 1 rings (SSSR count). The molecule has 76 valence electrons. The summed E-state index contributed by atoms with van der Waals surface area (Å²) in [5, 5.41) is 10.4. The van der Waals surface area contributed by atoms with Crippen molar-refractivity contribution in [3.05, 3.63) is 0 Å². The second-order valence-corrected chi connectivity index (χ2v) is 3.88. The summed E-state index contributed by atoms with van der Waals surface area (Å²) in [4.78, 5) is 16.7. The van der Waals surface area contributed by atoms with Crippen molar-refractivity contribution in [1.82, 2.24) is 5.06 Å². The largest absolute Gasteiger partial charge is 0.389 e. The summed E-state index contributed by atoms with van der Waals surface area (Å²) >= 11 is 0. The van der Waals surface area contributed by atoms with E-state index in [-0.39, 0.29) is 18.4 Å². The van der Waals surface area contributed by atoms with E-state index in [0.29, 0.717) is 12.5 Å². The summed E-state index contributed by atoms with van der Waals surface area (Å²) in [7, 11) is 0. The number of aliphatic hydroxyl groups excluding tert-OH is 1. The van der Waals surface area contributed by atoms with Gasteiger partial charge < -0.3 is 5.11 Å². The van der Waals surface area contributed by atoms with E-state index in [1.807, 2.05) is 20.8 Å². The van der Waals surface area contributed by atoms with E-state index < -0.39 is 6.10 Å². The topological polar surface area (TPSA) is 49.8 Å². The van der Waals surface area contributed by atoms with Gasteiger partial charge in [0.15, 0.2) is 0 Å². The number of carbonyl (C=O) groups excluding carboxylic acids is 1. The minimum Gasteiger partial charge on any atom is -0.389 e. The summed E-state index contributed by atoms with van der Waals surface area (Å²) in [5.41, 5.74) is 0. The van der Waals surface area contributed by atoms with Crippen LogP contribution in [0.15, 0.2) is 0 Å². The number of hydrogen-bond donors (Lipinski definition) is 1. The lowest BCUT2D eigenvalue weighted by Crippen LogP contribution is -2.34. The number of aliphatic hydroxyl groups is 1. The lowest BCUT2D eigenvalue weighted by molar-refractivity contribution is -0.174. The van der Waals surface area contributed by atoms with E-state index >= 15 is 0 Å². The van der Waals surface area contributed by atoms with Crippen molar-refractivity contribution in [2.24, 2.45) is 11.8 Å². The minimum absolute atomic E-state index is 0.0356. The number of carbonyl (C=O) groups is 1. The number of amides is 1. The molecule has 4 heteroatoms. The Morgan fingerprint density at radius 3 is 2.54 bits per heavy atom. The lowest BCUT2D eigenvalue weighted by atomic mass is 9.97. The summed E-state index contributed by atoms with van der Waals surface area (Å²) < 4.78 is 0. The third kappa shape index (κ3) is 2.42. The Hall–Kier alpha value is -0.610. The fourth-order valence-electron chi connectivity index (χ4n) is 1.14. The summed E-state index contributed by atoms with van der Waals surface area (Å²) in [6.07, 6.45) is -0.525. The van der Waals surface area contributed by atoms with Crippen molar-refractivity contribution in [1.29, 1.82) is 0 Å².